The molecule has 4 rings (SSSR count). The molecular weight excluding hydrogens is 326 g/mol. The van der Waals surface area contributed by atoms with Gasteiger partial charge in [0.05, 0.1) is 17.0 Å². The maximum Gasteiger partial charge on any atom is 0.284 e. The van der Waals surface area contributed by atoms with E-state index >= 15 is 0 Å². The molecule has 122 valence electrons. The lowest BCUT2D eigenvalue weighted by Crippen LogP contribution is -2.18. The molecule has 0 radical (unpaired) electrons. The normalized spacial score (nSPS) is 12.6. The van der Waals surface area contributed by atoms with Crippen molar-refractivity contribution in [1.29, 1.82) is 0 Å². The fourth-order valence-electron chi connectivity index (χ4n) is 2.90. The van der Waals surface area contributed by atoms with Gasteiger partial charge in [0.2, 0.25) is 0 Å². The summed E-state index contributed by atoms with van der Waals surface area (Å²) >= 11 is 1.40. The zero-order valence-electron chi connectivity index (χ0n) is 13.3. The van der Waals surface area contributed by atoms with Gasteiger partial charge < -0.3 is 4.90 Å². The van der Waals surface area contributed by atoms with Crippen LogP contribution in [0.1, 0.15) is 0 Å². The Bertz CT molecular complexity index is 967. The van der Waals surface area contributed by atoms with E-state index in [1.165, 1.54) is 11.8 Å². The summed E-state index contributed by atoms with van der Waals surface area (Å²) in [6.07, 6.45) is 3.47. The quantitative estimate of drug-likeness (QED) is 0.419. The average molecular weight is 341 g/mol. The molecule has 0 spiro atoms. The average Bonchev–Trinajstić information content (AvgIpc) is 2.93. The van der Waals surface area contributed by atoms with E-state index in [-0.39, 0.29) is 10.6 Å². The second kappa shape index (κ2) is 5.57. The largest absolute Gasteiger partial charge is 0.308 e. The number of likely N-dealkylation sites (N-methyl/N-ethyl adjacent to an activating group) is 1. The number of aromatic nitrogens is 3. The summed E-state index contributed by atoms with van der Waals surface area (Å²) in [5.74, 6) is 0. The van der Waals surface area contributed by atoms with E-state index in [4.69, 9.17) is 5.10 Å². The zero-order chi connectivity index (χ0) is 16.8. The van der Waals surface area contributed by atoms with Crippen molar-refractivity contribution in [3.05, 3.63) is 40.7 Å². The molecular formula is C16H15N5O2S. The van der Waals surface area contributed by atoms with E-state index in [2.05, 4.69) is 9.88 Å². The van der Waals surface area contributed by atoms with Gasteiger partial charge >= 0.3 is 0 Å². The summed E-state index contributed by atoms with van der Waals surface area (Å²) < 4.78 is 1.94. The Kier molecular flexibility index (Phi) is 3.50. The lowest BCUT2D eigenvalue weighted by atomic mass is 10.1. The lowest BCUT2D eigenvalue weighted by Gasteiger charge is -2.14. The number of nitro benzene ring substituents is 1. The number of benzene rings is 1. The van der Waals surface area contributed by atoms with Crippen LogP contribution >= 0.6 is 11.8 Å². The van der Waals surface area contributed by atoms with Crippen LogP contribution in [0.2, 0.25) is 0 Å². The number of rotatable bonds is 4. The summed E-state index contributed by atoms with van der Waals surface area (Å²) in [5, 5.41) is 17.1. The highest BCUT2D eigenvalue weighted by Gasteiger charge is 2.29. The molecule has 1 aliphatic rings. The van der Waals surface area contributed by atoms with Gasteiger partial charge in [0.1, 0.15) is 10.6 Å². The van der Waals surface area contributed by atoms with Gasteiger partial charge in [0, 0.05) is 40.8 Å². The van der Waals surface area contributed by atoms with Crippen LogP contribution in [0, 0.1) is 10.1 Å². The minimum Gasteiger partial charge on any atom is -0.308 e. The molecule has 3 heterocycles. The Balaban J connectivity index is 1.99. The standard InChI is InChI=1S/C16H15N5O2S/c1-19(2)7-8-20-11-3-4-12(21(22)23)16-14(11)15(18-20)10-5-6-17-9-13(10)24-16/h3-6,9H,7-8H2,1-2H3. The van der Waals surface area contributed by atoms with Crippen LogP contribution in [-0.4, -0.2) is 45.2 Å². The van der Waals surface area contributed by atoms with Gasteiger partial charge in [-0.3, -0.25) is 19.8 Å². The van der Waals surface area contributed by atoms with Crippen LogP contribution < -0.4 is 0 Å². The van der Waals surface area contributed by atoms with E-state index in [9.17, 15) is 10.1 Å². The number of fused-ring (bicyclic) bond motifs is 2. The van der Waals surface area contributed by atoms with E-state index in [0.29, 0.717) is 4.90 Å². The summed E-state index contributed by atoms with van der Waals surface area (Å²) in [4.78, 5) is 18.9. The smallest absolute Gasteiger partial charge is 0.284 e. The van der Waals surface area contributed by atoms with Gasteiger partial charge in [0.15, 0.2) is 0 Å². The van der Waals surface area contributed by atoms with Crippen molar-refractivity contribution >= 4 is 28.4 Å². The highest BCUT2D eigenvalue weighted by molar-refractivity contribution is 8.00. The first-order valence-electron chi connectivity index (χ1n) is 7.51. The molecule has 0 atom stereocenters. The van der Waals surface area contributed by atoms with Crippen LogP contribution in [0.15, 0.2) is 40.4 Å². The molecule has 3 aromatic rings. The predicted molar refractivity (Wildman–Crippen MR) is 92.3 cm³/mol. The molecule has 0 saturated carbocycles. The van der Waals surface area contributed by atoms with Crippen LogP contribution in [0.4, 0.5) is 5.69 Å². The van der Waals surface area contributed by atoms with E-state index in [1.54, 1.807) is 24.5 Å². The van der Waals surface area contributed by atoms with E-state index in [0.717, 1.165) is 40.1 Å². The number of nitrogens with zero attached hydrogens (tertiary/aromatic N) is 5. The van der Waals surface area contributed by atoms with Crippen molar-refractivity contribution in [2.45, 2.75) is 16.3 Å². The van der Waals surface area contributed by atoms with Crippen molar-refractivity contribution in [3.63, 3.8) is 0 Å². The first-order valence-corrected chi connectivity index (χ1v) is 8.33. The van der Waals surface area contributed by atoms with Gasteiger partial charge in [-0.25, -0.2) is 0 Å². The van der Waals surface area contributed by atoms with Gasteiger partial charge in [0.25, 0.3) is 5.69 Å². The molecule has 0 aliphatic carbocycles. The first-order chi connectivity index (χ1) is 11.6. The molecule has 0 fully saturated rings. The van der Waals surface area contributed by atoms with Crippen LogP contribution in [0.5, 0.6) is 0 Å². The lowest BCUT2D eigenvalue weighted by molar-refractivity contribution is -0.387. The first kappa shape index (κ1) is 15.1. The van der Waals surface area contributed by atoms with Crippen molar-refractivity contribution in [1.82, 2.24) is 19.7 Å². The Morgan fingerprint density at radius 1 is 1.33 bits per heavy atom. The molecule has 0 bridgehead atoms. The highest BCUT2D eigenvalue weighted by atomic mass is 32.2. The van der Waals surface area contributed by atoms with Crippen molar-refractivity contribution in [3.8, 4) is 11.3 Å². The second-order valence-electron chi connectivity index (χ2n) is 5.91. The Morgan fingerprint density at radius 2 is 2.17 bits per heavy atom. The van der Waals surface area contributed by atoms with Crippen LogP contribution in [0.25, 0.3) is 22.2 Å². The Hall–Kier alpha value is -2.45. The third kappa shape index (κ3) is 2.26. The number of hydrogen-bond acceptors (Lipinski definition) is 6. The van der Waals surface area contributed by atoms with Crippen molar-refractivity contribution in [2.75, 3.05) is 20.6 Å². The number of hydrogen-bond donors (Lipinski definition) is 0. The molecule has 1 aromatic carbocycles. The second-order valence-corrected chi connectivity index (χ2v) is 6.97. The monoisotopic (exact) mass is 341 g/mol. The maximum atomic E-state index is 11.4. The van der Waals surface area contributed by atoms with Gasteiger partial charge in [-0.15, -0.1) is 0 Å². The van der Waals surface area contributed by atoms with Crippen LogP contribution in [-0.2, 0) is 6.54 Å². The molecule has 1 aliphatic heterocycles. The minimum atomic E-state index is -0.329. The Labute approximate surface area is 142 Å². The van der Waals surface area contributed by atoms with Crippen molar-refractivity contribution in [2.24, 2.45) is 0 Å². The van der Waals surface area contributed by atoms with Gasteiger partial charge in [-0.2, -0.15) is 5.10 Å². The summed E-state index contributed by atoms with van der Waals surface area (Å²) in [5.41, 5.74) is 2.84. The molecule has 0 N–H and O–H groups in total. The molecule has 2 aromatic heterocycles. The zero-order valence-corrected chi connectivity index (χ0v) is 14.1. The molecule has 0 saturated heterocycles. The maximum absolute atomic E-state index is 11.4. The topological polar surface area (TPSA) is 77.1 Å². The molecule has 0 unspecified atom stereocenters. The Morgan fingerprint density at radius 3 is 2.92 bits per heavy atom. The fourth-order valence-corrected chi connectivity index (χ4v) is 4.06. The summed E-state index contributed by atoms with van der Waals surface area (Å²) in [7, 11) is 4.02. The third-order valence-electron chi connectivity index (χ3n) is 4.06. The van der Waals surface area contributed by atoms with E-state index in [1.807, 2.05) is 24.8 Å². The molecule has 8 heteroatoms. The fraction of sp³-hybridized carbons (Fsp3) is 0.250. The third-order valence-corrected chi connectivity index (χ3v) is 5.22. The van der Waals surface area contributed by atoms with Gasteiger partial charge in [-0.05, 0) is 26.2 Å². The SMILES string of the molecule is CN(C)CCn1nc2c3c(c([N+](=O)[O-])ccc31)Sc1cnccc1-2. The van der Waals surface area contributed by atoms with Gasteiger partial charge in [-0.1, -0.05) is 11.8 Å². The summed E-state index contributed by atoms with van der Waals surface area (Å²) in [6.45, 7) is 1.57. The van der Waals surface area contributed by atoms with Crippen molar-refractivity contribution < 1.29 is 4.92 Å². The predicted octanol–water partition coefficient (Wildman–Crippen LogP) is 3.03. The van der Waals surface area contributed by atoms with Crippen LogP contribution in [0.3, 0.4) is 0 Å². The molecule has 24 heavy (non-hydrogen) atoms. The number of pyridine rings is 1. The summed E-state index contributed by atoms with van der Waals surface area (Å²) in [6, 6.07) is 5.29. The molecule has 7 nitrogen and oxygen atoms in total. The highest BCUT2D eigenvalue weighted by Crippen LogP contribution is 2.50. The van der Waals surface area contributed by atoms with E-state index < -0.39 is 0 Å². The minimum absolute atomic E-state index is 0.121. The molecule has 0 amide bonds. The number of nitro groups is 1.